The smallest absolute Gasteiger partial charge is 0.0376 e. The molecule has 0 aliphatic heterocycles. The molecule has 2 heteroatoms. The molecule has 0 radical (unpaired) electrons. The molecule has 0 spiro atoms. The van der Waals surface area contributed by atoms with E-state index in [4.69, 9.17) is 0 Å². The Hall–Kier alpha value is -1.80. The van der Waals surface area contributed by atoms with E-state index in [0.29, 0.717) is 0 Å². The zero-order valence-electron chi connectivity index (χ0n) is 13.7. The molecule has 1 aromatic carbocycles. The first-order chi connectivity index (χ1) is 10.6. The van der Waals surface area contributed by atoms with Gasteiger partial charge in [0.15, 0.2) is 0 Å². The van der Waals surface area contributed by atoms with Crippen LogP contribution in [0, 0.1) is 6.92 Å². The van der Waals surface area contributed by atoms with E-state index in [1.54, 1.807) is 11.3 Å². The lowest BCUT2D eigenvalue weighted by atomic mass is 9.75. The summed E-state index contributed by atoms with van der Waals surface area (Å²) in [7, 11) is 1.99. The SMILES string of the molecule is C=CCC(C)(C/C=C/c1cccs1)c1cc(C)ccc1NC. The van der Waals surface area contributed by atoms with Crippen LogP contribution in [0.3, 0.4) is 0 Å². The van der Waals surface area contributed by atoms with Crippen molar-refractivity contribution in [1.29, 1.82) is 0 Å². The van der Waals surface area contributed by atoms with Gasteiger partial charge in [0, 0.05) is 23.0 Å². The second-order valence-corrected chi connectivity index (χ2v) is 6.95. The monoisotopic (exact) mass is 311 g/mol. The summed E-state index contributed by atoms with van der Waals surface area (Å²) < 4.78 is 0. The summed E-state index contributed by atoms with van der Waals surface area (Å²) in [6.45, 7) is 8.44. The van der Waals surface area contributed by atoms with Crippen molar-refractivity contribution in [2.75, 3.05) is 12.4 Å². The molecule has 0 saturated carbocycles. The molecule has 0 amide bonds. The number of allylic oxidation sites excluding steroid dienone is 2. The standard InChI is InChI=1S/C20H25NS/c1-5-12-20(3,13-6-8-17-9-7-14-22-17)18-15-16(2)10-11-19(18)21-4/h5-11,14-15,21H,1,12-13H2,2-4H3/b8-6+. The van der Waals surface area contributed by atoms with Crippen LogP contribution in [-0.2, 0) is 5.41 Å². The third kappa shape index (κ3) is 3.89. The van der Waals surface area contributed by atoms with Crippen molar-refractivity contribution in [1.82, 2.24) is 0 Å². The molecule has 1 heterocycles. The van der Waals surface area contributed by atoms with Crippen LogP contribution in [0.2, 0.25) is 0 Å². The van der Waals surface area contributed by atoms with Crippen LogP contribution < -0.4 is 5.32 Å². The molecule has 2 aromatic rings. The molecular formula is C20H25NS. The number of hydrogen-bond acceptors (Lipinski definition) is 2. The maximum absolute atomic E-state index is 3.96. The molecule has 1 unspecified atom stereocenters. The van der Waals surface area contributed by atoms with Gasteiger partial charge in [-0.2, -0.15) is 0 Å². The van der Waals surface area contributed by atoms with Crippen LogP contribution in [-0.4, -0.2) is 7.05 Å². The van der Waals surface area contributed by atoms with Gasteiger partial charge in [-0.05, 0) is 48.9 Å². The number of benzene rings is 1. The van der Waals surface area contributed by atoms with Crippen LogP contribution >= 0.6 is 11.3 Å². The third-order valence-electron chi connectivity index (χ3n) is 4.08. The average Bonchev–Trinajstić information content (AvgIpc) is 3.01. The first kappa shape index (κ1) is 16.6. The lowest BCUT2D eigenvalue weighted by Crippen LogP contribution is -2.22. The summed E-state index contributed by atoms with van der Waals surface area (Å²) in [6.07, 6.45) is 8.49. The summed E-state index contributed by atoms with van der Waals surface area (Å²) in [5.41, 5.74) is 3.93. The first-order valence-corrected chi connectivity index (χ1v) is 8.57. The maximum Gasteiger partial charge on any atom is 0.0376 e. The number of anilines is 1. The Balaban J connectivity index is 2.31. The Labute approximate surface area is 138 Å². The van der Waals surface area contributed by atoms with Gasteiger partial charge in [-0.1, -0.05) is 42.8 Å². The van der Waals surface area contributed by atoms with Crippen LogP contribution in [0.25, 0.3) is 6.08 Å². The fourth-order valence-electron chi connectivity index (χ4n) is 2.82. The first-order valence-electron chi connectivity index (χ1n) is 7.69. The van der Waals surface area contributed by atoms with E-state index in [2.05, 4.69) is 73.6 Å². The fourth-order valence-corrected chi connectivity index (χ4v) is 3.46. The minimum atomic E-state index is 0.0554. The number of nitrogens with one attached hydrogen (secondary N) is 1. The van der Waals surface area contributed by atoms with Crippen molar-refractivity contribution in [2.24, 2.45) is 0 Å². The number of thiophene rings is 1. The predicted octanol–water partition coefficient (Wildman–Crippen LogP) is 6.04. The minimum absolute atomic E-state index is 0.0554. The Bertz CT molecular complexity index is 640. The molecule has 1 nitrogen and oxygen atoms in total. The summed E-state index contributed by atoms with van der Waals surface area (Å²) >= 11 is 1.77. The van der Waals surface area contributed by atoms with E-state index < -0.39 is 0 Å². The van der Waals surface area contributed by atoms with Gasteiger partial charge in [0.2, 0.25) is 0 Å². The predicted molar refractivity (Wildman–Crippen MR) is 101 cm³/mol. The van der Waals surface area contributed by atoms with Crippen LogP contribution in [0.15, 0.2) is 54.4 Å². The zero-order valence-corrected chi connectivity index (χ0v) is 14.5. The second-order valence-electron chi connectivity index (χ2n) is 5.97. The number of rotatable bonds is 7. The molecule has 0 saturated heterocycles. The molecule has 1 N–H and O–H groups in total. The molecule has 0 aliphatic rings. The number of aryl methyl sites for hydroxylation is 1. The van der Waals surface area contributed by atoms with Gasteiger partial charge in [0.1, 0.15) is 0 Å². The van der Waals surface area contributed by atoms with Crippen molar-refractivity contribution in [2.45, 2.75) is 32.1 Å². The largest absolute Gasteiger partial charge is 0.388 e. The quantitative estimate of drug-likeness (QED) is 0.615. The Morgan fingerprint density at radius 2 is 2.09 bits per heavy atom. The molecular weight excluding hydrogens is 286 g/mol. The van der Waals surface area contributed by atoms with Crippen LogP contribution in [0.4, 0.5) is 5.69 Å². The van der Waals surface area contributed by atoms with E-state index in [1.165, 1.54) is 21.7 Å². The molecule has 0 bridgehead atoms. The molecule has 1 atom stereocenters. The third-order valence-corrected chi connectivity index (χ3v) is 4.92. The molecule has 22 heavy (non-hydrogen) atoms. The van der Waals surface area contributed by atoms with E-state index >= 15 is 0 Å². The second kappa shape index (κ2) is 7.46. The molecule has 2 rings (SSSR count). The van der Waals surface area contributed by atoms with Crippen molar-refractivity contribution in [3.05, 3.63) is 70.4 Å². The van der Waals surface area contributed by atoms with E-state index in [-0.39, 0.29) is 5.41 Å². The molecule has 1 aromatic heterocycles. The maximum atomic E-state index is 3.96. The van der Waals surface area contributed by atoms with Gasteiger partial charge in [0.25, 0.3) is 0 Å². The highest BCUT2D eigenvalue weighted by Crippen LogP contribution is 2.37. The average molecular weight is 311 g/mol. The van der Waals surface area contributed by atoms with Gasteiger partial charge in [-0.15, -0.1) is 17.9 Å². The summed E-state index contributed by atoms with van der Waals surface area (Å²) in [6, 6.07) is 10.9. The summed E-state index contributed by atoms with van der Waals surface area (Å²) in [4.78, 5) is 1.30. The van der Waals surface area contributed by atoms with Gasteiger partial charge in [0.05, 0.1) is 0 Å². The van der Waals surface area contributed by atoms with E-state index in [9.17, 15) is 0 Å². The zero-order chi connectivity index (χ0) is 16.0. The normalized spacial score (nSPS) is 14.0. The highest BCUT2D eigenvalue weighted by atomic mass is 32.1. The van der Waals surface area contributed by atoms with E-state index in [1.807, 2.05) is 13.1 Å². The Kier molecular flexibility index (Phi) is 5.62. The molecule has 0 aliphatic carbocycles. The Morgan fingerprint density at radius 3 is 2.73 bits per heavy atom. The highest BCUT2D eigenvalue weighted by Gasteiger charge is 2.26. The van der Waals surface area contributed by atoms with Crippen LogP contribution in [0.5, 0.6) is 0 Å². The van der Waals surface area contributed by atoms with Crippen molar-refractivity contribution < 1.29 is 0 Å². The van der Waals surface area contributed by atoms with Gasteiger partial charge < -0.3 is 5.32 Å². The lowest BCUT2D eigenvalue weighted by Gasteiger charge is -2.30. The topological polar surface area (TPSA) is 12.0 Å². The Morgan fingerprint density at radius 1 is 1.27 bits per heavy atom. The van der Waals surface area contributed by atoms with Crippen molar-refractivity contribution in [3.63, 3.8) is 0 Å². The minimum Gasteiger partial charge on any atom is -0.388 e. The number of hydrogen-bond donors (Lipinski definition) is 1. The van der Waals surface area contributed by atoms with E-state index in [0.717, 1.165) is 12.8 Å². The van der Waals surface area contributed by atoms with Gasteiger partial charge >= 0.3 is 0 Å². The molecule has 116 valence electrons. The highest BCUT2D eigenvalue weighted by molar-refractivity contribution is 7.10. The van der Waals surface area contributed by atoms with Crippen molar-refractivity contribution in [3.8, 4) is 0 Å². The summed E-state index contributed by atoms with van der Waals surface area (Å²) in [5.74, 6) is 0. The summed E-state index contributed by atoms with van der Waals surface area (Å²) in [5, 5.41) is 5.45. The molecule has 0 fully saturated rings. The van der Waals surface area contributed by atoms with Crippen molar-refractivity contribution >= 4 is 23.1 Å². The van der Waals surface area contributed by atoms with Gasteiger partial charge in [-0.25, -0.2) is 0 Å². The lowest BCUT2D eigenvalue weighted by molar-refractivity contribution is 0.487. The van der Waals surface area contributed by atoms with Gasteiger partial charge in [-0.3, -0.25) is 0 Å². The fraction of sp³-hybridized carbons (Fsp3) is 0.300. The van der Waals surface area contributed by atoms with Crippen LogP contribution in [0.1, 0.15) is 35.8 Å².